The first-order valence-electron chi connectivity index (χ1n) is 9.29. The predicted molar refractivity (Wildman–Crippen MR) is 104 cm³/mol. The maximum atomic E-state index is 13.3. The van der Waals surface area contributed by atoms with Gasteiger partial charge in [0.2, 0.25) is 0 Å². The summed E-state index contributed by atoms with van der Waals surface area (Å²) in [5.41, 5.74) is 1.45. The Kier molecular flexibility index (Phi) is 4.41. The van der Waals surface area contributed by atoms with E-state index in [1.807, 2.05) is 11.5 Å². The highest BCUT2D eigenvalue weighted by Crippen LogP contribution is 2.44. The van der Waals surface area contributed by atoms with E-state index in [9.17, 15) is 18.0 Å². The van der Waals surface area contributed by atoms with Crippen molar-refractivity contribution in [3.8, 4) is 10.7 Å². The second-order valence-corrected chi connectivity index (χ2v) is 8.62. The largest absolute Gasteiger partial charge is 0.417 e. The molecule has 5 rings (SSSR count). The Morgan fingerprint density at radius 3 is 2.77 bits per heavy atom. The van der Waals surface area contributed by atoms with Crippen LogP contribution in [-0.2, 0) is 12.7 Å². The Hall–Kier alpha value is -2.46. The molecule has 6 nitrogen and oxygen atoms in total. The van der Waals surface area contributed by atoms with Gasteiger partial charge in [-0.05, 0) is 31.9 Å². The summed E-state index contributed by atoms with van der Waals surface area (Å²) in [5, 5.41) is 8.08. The minimum atomic E-state index is -4.63. The summed E-state index contributed by atoms with van der Waals surface area (Å²) in [6.45, 7) is 2.38. The Bertz CT molecular complexity index is 1160. The zero-order valence-electron chi connectivity index (χ0n) is 15.6. The second kappa shape index (κ2) is 6.78. The molecule has 0 aliphatic carbocycles. The molecule has 1 fully saturated rings. The van der Waals surface area contributed by atoms with Crippen LogP contribution in [0.1, 0.15) is 46.3 Å². The zero-order valence-corrected chi connectivity index (χ0v) is 17.2. The number of alkyl halides is 3. The smallest absolute Gasteiger partial charge is 0.324 e. The Morgan fingerprint density at radius 2 is 2.07 bits per heavy atom. The summed E-state index contributed by atoms with van der Waals surface area (Å²) in [5.74, 6) is 0.845. The normalized spacial score (nSPS) is 20.5. The van der Waals surface area contributed by atoms with Gasteiger partial charge in [0.1, 0.15) is 0 Å². The van der Waals surface area contributed by atoms with E-state index in [-0.39, 0.29) is 17.6 Å². The molecule has 2 aromatic heterocycles. The highest BCUT2D eigenvalue weighted by molar-refractivity contribution is 7.13. The standard InChI is InChI=1S/C19H15ClF3N5OS/c1-9-15(30-8-24-9)17-26-25-16-13-6-5-10(7-27(16)17)28(13)18(29)11-3-2-4-12(14(11)20)19(21,22)23/h2-4,8,10,13H,5-7H2,1H3. The lowest BCUT2D eigenvalue weighted by atomic mass is 10.1. The Balaban J connectivity index is 1.53. The van der Waals surface area contributed by atoms with Crippen LogP contribution in [0.25, 0.3) is 10.7 Å². The SMILES string of the molecule is Cc1ncsc1-c1nnc2n1CC1CCC2N1C(=O)c1cccc(C(F)(F)F)c1Cl. The number of aromatic nitrogens is 4. The number of amides is 1. The van der Waals surface area contributed by atoms with Crippen LogP contribution in [0.4, 0.5) is 13.2 Å². The molecule has 2 bridgehead atoms. The van der Waals surface area contributed by atoms with Gasteiger partial charge in [0.25, 0.3) is 5.91 Å². The van der Waals surface area contributed by atoms with Crippen LogP contribution in [0, 0.1) is 6.92 Å². The number of hydrogen-bond acceptors (Lipinski definition) is 5. The molecule has 11 heteroatoms. The van der Waals surface area contributed by atoms with Gasteiger partial charge in [-0.15, -0.1) is 21.5 Å². The summed E-state index contributed by atoms with van der Waals surface area (Å²) < 4.78 is 41.7. The molecule has 2 aliphatic heterocycles. The number of rotatable bonds is 2. The topological polar surface area (TPSA) is 63.9 Å². The van der Waals surface area contributed by atoms with E-state index in [0.29, 0.717) is 24.6 Å². The monoisotopic (exact) mass is 453 g/mol. The number of benzene rings is 1. The molecular weight excluding hydrogens is 439 g/mol. The molecule has 2 atom stereocenters. The summed E-state index contributed by atoms with van der Waals surface area (Å²) in [6, 6.07) is 2.91. The average molecular weight is 454 g/mol. The first kappa shape index (κ1) is 19.5. The highest BCUT2D eigenvalue weighted by Gasteiger charge is 2.46. The van der Waals surface area contributed by atoms with Crippen molar-refractivity contribution in [2.75, 3.05) is 0 Å². The predicted octanol–water partition coefficient (Wildman–Crippen LogP) is 4.74. The molecule has 0 saturated carbocycles. The zero-order chi connectivity index (χ0) is 21.2. The maximum Gasteiger partial charge on any atom is 0.417 e. The van der Waals surface area contributed by atoms with E-state index in [1.165, 1.54) is 23.5 Å². The average Bonchev–Trinajstić information content (AvgIpc) is 3.37. The summed E-state index contributed by atoms with van der Waals surface area (Å²) in [7, 11) is 0. The van der Waals surface area contributed by atoms with Crippen molar-refractivity contribution in [3.05, 3.63) is 51.4 Å². The quantitative estimate of drug-likeness (QED) is 0.562. The number of thiazole rings is 1. The third-order valence-corrected chi connectivity index (χ3v) is 7.02. The molecular formula is C19H15ClF3N5OS. The Morgan fingerprint density at radius 1 is 1.27 bits per heavy atom. The van der Waals surface area contributed by atoms with Gasteiger partial charge < -0.3 is 9.47 Å². The molecule has 1 aromatic carbocycles. The van der Waals surface area contributed by atoms with Gasteiger partial charge in [-0.2, -0.15) is 13.2 Å². The lowest BCUT2D eigenvalue weighted by Crippen LogP contribution is -2.44. The van der Waals surface area contributed by atoms with Crippen molar-refractivity contribution in [3.63, 3.8) is 0 Å². The van der Waals surface area contributed by atoms with E-state index < -0.39 is 22.7 Å². The maximum absolute atomic E-state index is 13.3. The van der Waals surface area contributed by atoms with Gasteiger partial charge in [-0.3, -0.25) is 4.79 Å². The molecule has 3 aromatic rings. The van der Waals surface area contributed by atoms with Crippen molar-refractivity contribution in [1.29, 1.82) is 0 Å². The minimum Gasteiger partial charge on any atom is -0.324 e. The van der Waals surface area contributed by atoms with Crippen LogP contribution in [0.3, 0.4) is 0 Å². The summed E-state index contributed by atoms with van der Waals surface area (Å²) in [4.78, 5) is 20.1. The van der Waals surface area contributed by atoms with Crippen LogP contribution < -0.4 is 0 Å². The lowest BCUT2D eigenvalue weighted by molar-refractivity contribution is -0.137. The third kappa shape index (κ3) is 2.84. The van der Waals surface area contributed by atoms with Crippen LogP contribution >= 0.6 is 22.9 Å². The van der Waals surface area contributed by atoms with Crippen LogP contribution in [0.5, 0.6) is 0 Å². The third-order valence-electron chi connectivity index (χ3n) is 5.69. The van der Waals surface area contributed by atoms with E-state index >= 15 is 0 Å². The minimum absolute atomic E-state index is 0.144. The van der Waals surface area contributed by atoms with E-state index in [1.54, 1.807) is 10.4 Å². The fourth-order valence-corrected chi connectivity index (χ4v) is 5.42. The van der Waals surface area contributed by atoms with Crippen molar-refractivity contribution < 1.29 is 18.0 Å². The summed E-state index contributed by atoms with van der Waals surface area (Å²) >= 11 is 7.48. The van der Waals surface area contributed by atoms with E-state index in [4.69, 9.17) is 11.6 Å². The molecule has 0 N–H and O–H groups in total. The number of halogens is 4. The van der Waals surface area contributed by atoms with Gasteiger partial charge in [0.05, 0.1) is 44.3 Å². The van der Waals surface area contributed by atoms with Gasteiger partial charge in [-0.1, -0.05) is 17.7 Å². The number of carbonyl (C=O) groups excluding carboxylic acids is 1. The number of aryl methyl sites for hydroxylation is 1. The molecule has 2 aliphatic rings. The van der Waals surface area contributed by atoms with Crippen molar-refractivity contribution in [2.24, 2.45) is 0 Å². The van der Waals surface area contributed by atoms with Crippen molar-refractivity contribution >= 4 is 28.8 Å². The highest BCUT2D eigenvalue weighted by atomic mass is 35.5. The summed E-state index contributed by atoms with van der Waals surface area (Å²) in [6.07, 6.45) is -3.22. The van der Waals surface area contributed by atoms with Gasteiger partial charge >= 0.3 is 6.18 Å². The van der Waals surface area contributed by atoms with Crippen LogP contribution in [-0.4, -0.2) is 36.6 Å². The molecule has 4 heterocycles. The Labute approximate surface area is 178 Å². The number of nitrogens with zero attached hydrogens (tertiary/aromatic N) is 5. The fraction of sp³-hybridized carbons (Fsp3) is 0.368. The van der Waals surface area contributed by atoms with Gasteiger partial charge in [0.15, 0.2) is 11.6 Å². The van der Waals surface area contributed by atoms with Gasteiger partial charge in [0, 0.05) is 6.54 Å². The first-order chi connectivity index (χ1) is 14.3. The van der Waals surface area contributed by atoms with E-state index in [2.05, 4.69) is 15.2 Å². The molecule has 1 saturated heterocycles. The van der Waals surface area contributed by atoms with Crippen LogP contribution in [0.15, 0.2) is 23.7 Å². The first-order valence-corrected chi connectivity index (χ1v) is 10.5. The number of fused-ring (bicyclic) bond motifs is 4. The van der Waals surface area contributed by atoms with Crippen molar-refractivity contribution in [2.45, 2.75) is 44.6 Å². The molecule has 30 heavy (non-hydrogen) atoms. The molecule has 2 unspecified atom stereocenters. The molecule has 1 amide bonds. The van der Waals surface area contributed by atoms with Gasteiger partial charge in [-0.25, -0.2) is 4.98 Å². The molecule has 0 spiro atoms. The molecule has 156 valence electrons. The fourth-order valence-electron chi connectivity index (χ4n) is 4.32. The molecule has 0 radical (unpaired) electrons. The number of carbonyl (C=O) groups is 1. The van der Waals surface area contributed by atoms with E-state index in [0.717, 1.165) is 23.1 Å². The van der Waals surface area contributed by atoms with Crippen molar-refractivity contribution in [1.82, 2.24) is 24.6 Å². The second-order valence-electron chi connectivity index (χ2n) is 7.38. The number of hydrogen-bond donors (Lipinski definition) is 0. The van der Waals surface area contributed by atoms with Crippen LogP contribution in [0.2, 0.25) is 5.02 Å². The lowest BCUT2D eigenvalue weighted by Gasteiger charge is -2.35.